The number of piperidine rings is 1. The molecule has 0 radical (unpaired) electrons. The van der Waals surface area contributed by atoms with Gasteiger partial charge in [0, 0.05) is 19.7 Å². The minimum absolute atomic E-state index is 0.0880. The summed E-state index contributed by atoms with van der Waals surface area (Å²) in [6.07, 6.45) is 2.05. The van der Waals surface area contributed by atoms with Gasteiger partial charge in [0.2, 0.25) is 5.91 Å². The van der Waals surface area contributed by atoms with Gasteiger partial charge in [0.15, 0.2) is 0 Å². The van der Waals surface area contributed by atoms with Crippen LogP contribution in [0, 0.1) is 11.8 Å². The predicted molar refractivity (Wildman–Crippen MR) is 63.9 cm³/mol. The van der Waals surface area contributed by atoms with E-state index in [1.54, 1.807) is 0 Å². The molecule has 2 unspecified atom stereocenters. The van der Waals surface area contributed by atoms with Crippen LogP contribution in [0.2, 0.25) is 0 Å². The van der Waals surface area contributed by atoms with Gasteiger partial charge < -0.3 is 10.0 Å². The maximum Gasteiger partial charge on any atom is 0.236 e. The van der Waals surface area contributed by atoms with Crippen LogP contribution >= 0.6 is 15.9 Å². The molecule has 0 saturated carbocycles. The van der Waals surface area contributed by atoms with Crippen LogP contribution in [0.25, 0.3) is 0 Å². The van der Waals surface area contributed by atoms with Crippen molar-refractivity contribution >= 4 is 21.8 Å². The number of aliphatic hydroxyl groups excluding tert-OH is 1. The maximum atomic E-state index is 12.0. The van der Waals surface area contributed by atoms with Gasteiger partial charge in [-0.15, -0.1) is 0 Å². The Kier molecular flexibility index (Phi) is 5.06. The molecule has 0 aromatic heterocycles. The maximum absolute atomic E-state index is 12.0. The first-order valence-electron chi connectivity index (χ1n) is 5.60. The fraction of sp³-hybridized carbons (Fsp3) is 0.909. The zero-order chi connectivity index (χ0) is 11.4. The second-order valence-electron chi connectivity index (χ2n) is 4.62. The van der Waals surface area contributed by atoms with Crippen LogP contribution in [0.3, 0.4) is 0 Å². The number of nitrogens with zero attached hydrogens (tertiary/aromatic N) is 1. The number of aliphatic hydroxyl groups is 1. The van der Waals surface area contributed by atoms with E-state index in [9.17, 15) is 4.79 Å². The summed E-state index contributed by atoms with van der Waals surface area (Å²) >= 11 is 3.43. The fourth-order valence-electron chi connectivity index (χ4n) is 1.87. The fourth-order valence-corrected chi connectivity index (χ4v) is 2.16. The SMILES string of the molecule is CC(C)C(Br)C(=O)N1CCCC(CO)C1. The van der Waals surface area contributed by atoms with Crippen LogP contribution in [0.4, 0.5) is 0 Å². The number of amides is 1. The Labute approximate surface area is 100.0 Å². The van der Waals surface area contributed by atoms with Crippen LogP contribution in [0.1, 0.15) is 26.7 Å². The summed E-state index contributed by atoms with van der Waals surface area (Å²) < 4.78 is 0. The molecule has 88 valence electrons. The van der Waals surface area contributed by atoms with Crippen LogP contribution in [0.15, 0.2) is 0 Å². The van der Waals surface area contributed by atoms with Crippen molar-refractivity contribution in [1.29, 1.82) is 0 Å². The number of alkyl halides is 1. The van der Waals surface area contributed by atoms with E-state index in [2.05, 4.69) is 15.9 Å². The smallest absolute Gasteiger partial charge is 0.236 e. The lowest BCUT2D eigenvalue weighted by molar-refractivity contribution is -0.133. The highest BCUT2D eigenvalue weighted by molar-refractivity contribution is 9.10. The molecule has 3 nitrogen and oxygen atoms in total. The lowest BCUT2D eigenvalue weighted by Crippen LogP contribution is -2.45. The van der Waals surface area contributed by atoms with Gasteiger partial charge in [-0.25, -0.2) is 0 Å². The molecule has 2 atom stereocenters. The van der Waals surface area contributed by atoms with Gasteiger partial charge in [-0.1, -0.05) is 29.8 Å². The molecule has 1 aliphatic heterocycles. The summed E-state index contributed by atoms with van der Waals surface area (Å²) in [7, 11) is 0. The number of hydrogen-bond donors (Lipinski definition) is 1. The topological polar surface area (TPSA) is 40.5 Å². The summed E-state index contributed by atoms with van der Waals surface area (Å²) in [4.78, 5) is 13.8. The molecule has 4 heteroatoms. The summed E-state index contributed by atoms with van der Waals surface area (Å²) in [5.41, 5.74) is 0. The predicted octanol–water partition coefficient (Wildman–Crippen LogP) is 1.64. The Morgan fingerprint density at radius 3 is 2.80 bits per heavy atom. The summed E-state index contributed by atoms with van der Waals surface area (Å²) in [6, 6.07) is 0. The van der Waals surface area contributed by atoms with Gasteiger partial charge in [0.25, 0.3) is 0 Å². The Hall–Kier alpha value is -0.0900. The number of rotatable bonds is 3. The number of carbonyl (C=O) groups is 1. The third-order valence-corrected chi connectivity index (χ3v) is 4.36. The molecule has 1 N–H and O–H groups in total. The Balaban J connectivity index is 2.52. The van der Waals surface area contributed by atoms with E-state index in [1.807, 2.05) is 18.7 Å². The molecule has 1 fully saturated rings. The highest BCUT2D eigenvalue weighted by Crippen LogP contribution is 2.21. The number of halogens is 1. The van der Waals surface area contributed by atoms with Gasteiger partial charge in [0.05, 0.1) is 4.83 Å². The summed E-state index contributed by atoms with van der Waals surface area (Å²) in [6.45, 7) is 5.81. The van der Waals surface area contributed by atoms with E-state index >= 15 is 0 Å². The highest BCUT2D eigenvalue weighted by Gasteiger charge is 2.28. The second-order valence-corrected chi connectivity index (χ2v) is 5.61. The Morgan fingerprint density at radius 2 is 2.27 bits per heavy atom. The normalized spacial score (nSPS) is 24.3. The molecule has 0 spiro atoms. The molecule has 0 aromatic carbocycles. The number of hydrogen-bond acceptors (Lipinski definition) is 2. The second kappa shape index (κ2) is 5.85. The van der Waals surface area contributed by atoms with Crippen molar-refractivity contribution in [1.82, 2.24) is 4.90 Å². The molecule has 1 saturated heterocycles. The lowest BCUT2D eigenvalue weighted by Gasteiger charge is -2.33. The van der Waals surface area contributed by atoms with Crippen molar-refractivity contribution in [3.05, 3.63) is 0 Å². The molecule has 0 bridgehead atoms. The molecule has 15 heavy (non-hydrogen) atoms. The first-order chi connectivity index (χ1) is 7.06. The molecule has 1 rings (SSSR count). The third-order valence-electron chi connectivity index (χ3n) is 2.91. The standard InChI is InChI=1S/C11H20BrNO2/c1-8(2)10(12)11(15)13-5-3-4-9(6-13)7-14/h8-10,14H,3-7H2,1-2H3. The number of likely N-dealkylation sites (tertiary alicyclic amines) is 1. The molecule has 0 aliphatic carbocycles. The molecule has 1 aliphatic rings. The molecule has 1 amide bonds. The largest absolute Gasteiger partial charge is 0.396 e. The van der Waals surface area contributed by atoms with Gasteiger partial charge in [-0.3, -0.25) is 4.79 Å². The Morgan fingerprint density at radius 1 is 1.60 bits per heavy atom. The first kappa shape index (κ1) is 13.0. The number of carbonyl (C=O) groups excluding carboxylic acids is 1. The van der Waals surface area contributed by atoms with Gasteiger partial charge in [-0.2, -0.15) is 0 Å². The van der Waals surface area contributed by atoms with Crippen molar-refractivity contribution in [2.75, 3.05) is 19.7 Å². The minimum atomic E-state index is -0.0880. The van der Waals surface area contributed by atoms with E-state index in [-0.39, 0.29) is 23.3 Å². The summed E-state index contributed by atoms with van der Waals surface area (Å²) in [5.74, 6) is 0.754. The van der Waals surface area contributed by atoms with Gasteiger partial charge in [0.1, 0.15) is 0 Å². The zero-order valence-electron chi connectivity index (χ0n) is 9.45. The van der Waals surface area contributed by atoms with E-state index in [0.717, 1.165) is 19.4 Å². The van der Waals surface area contributed by atoms with Crippen molar-refractivity contribution in [2.24, 2.45) is 11.8 Å². The zero-order valence-corrected chi connectivity index (χ0v) is 11.0. The quantitative estimate of drug-likeness (QED) is 0.797. The van der Waals surface area contributed by atoms with Crippen LogP contribution in [-0.2, 0) is 4.79 Å². The lowest BCUT2D eigenvalue weighted by atomic mass is 9.98. The van der Waals surface area contributed by atoms with Gasteiger partial charge in [-0.05, 0) is 24.7 Å². The Bertz CT molecular complexity index is 221. The molecule has 1 heterocycles. The third kappa shape index (κ3) is 3.45. The van der Waals surface area contributed by atoms with Crippen molar-refractivity contribution < 1.29 is 9.90 Å². The van der Waals surface area contributed by atoms with Crippen molar-refractivity contribution in [3.8, 4) is 0 Å². The van der Waals surface area contributed by atoms with E-state index < -0.39 is 0 Å². The molecular formula is C11H20BrNO2. The minimum Gasteiger partial charge on any atom is -0.396 e. The van der Waals surface area contributed by atoms with Crippen LogP contribution in [-0.4, -0.2) is 40.4 Å². The molecule has 0 aromatic rings. The van der Waals surface area contributed by atoms with Crippen molar-refractivity contribution in [3.63, 3.8) is 0 Å². The van der Waals surface area contributed by atoms with Gasteiger partial charge >= 0.3 is 0 Å². The van der Waals surface area contributed by atoms with E-state index in [1.165, 1.54) is 0 Å². The van der Waals surface area contributed by atoms with E-state index in [0.29, 0.717) is 12.5 Å². The van der Waals surface area contributed by atoms with E-state index in [4.69, 9.17) is 5.11 Å². The monoisotopic (exact) mass is 277 g/mol. The van der Waals surface area contributed by atoms with Crippen LogP contribution < -0.4 is 0 Å². The summed E-state index contributed by atoms with van der Waals surface area (Å²) in [5, 5.41) is 9.09. The highest BCUT2D eigenvalue weighted by atomic mass is 79.9. The average Bonchev–Trinajstić information content (AvgIpc) is 2.27. The van der Waals surface area contributed by atoms with Crippen LogP contribution in [0.5, 0.6) is 0 Å². The average molecular weight is 278 g/mol. The van der Waals surface area contributed by atoms with Crippen molar-refractivity contribution in [2.45, 2.75) is 31.5 Å². The molecular weight excluding hydrogens is 258 g/mol. The first-order valence-corrected chi connectivity index (χ1v) is 6.51.